The van der Waals surface area contributed by atoms with E-state index in [1.54, 1.807) is 0 Å². The lowest BCUT2D eigenvalue weighted by Crippen LogP contribution is -2.49. The average molecular weight is 405 g/mol. The van der Waals surface area contributed by atoms with Gasteiger partial charge in [-0.15, -0.1) is 0 Å². The molecule has 2 atom stereocenters. The Morgan fingerprint density at radius 3 is 2.57 bits per heavy atom. The highest BCUT2D eigenvalue weighted by molar-refractivity contribution is 5.80. The second kappa shape index (κ2) is 9.54. The minimum absolute atomic E-state index is 0.0166. The van der Waals surface area contributed by atoms with Gasteiger partial charge in [0.15, 0.2) is 6.61 Å². The molecule has 0 aliphatic heterocycles. The number of amides is 1. The maximum atomic E-state index is 12.4. The predicted octanol–water partition coefficient (Wildman–Crippen LogP) is 3.75. The number of nitrogens with one attached hydrogen (secondary N) is 2. The lowest BCUT2D eigenvalue weighted by molar-refractivity contribution is -0.221. The van der Waals surface area contributed by atoms with Crippen LogP contribution >= 0.6 is 0 Å². The zero-order valence-corrected chi connectivity index (χ0v) is 17.4. The third-order valence-electron chi connectivity index (χ3n) is 4.67. The smallest absolute Gasteiger partial charge is 0.407 e. The molecule has 1 saturated carbocycles. The first-order chi connectivity index (χ1) is 12.7. The summed E-state index contributed by atoms with van der Waals surface area (Å²) >= 11 is 0. The van der Waals surface area contributed by atoms with E-state index in [2.05, 4.69) is 41.0 Å². The second-order valence-corrected chi connectivity index (χ2v) is 8.69. The Morgan fingerprint density at radius 2 is 2.00 bits per heavy atom. The van der Waals surface area contributed by atoms with Crippen molar-refractivity contribution in [3.8, 4) is 0 Å². The zero-order chi connectivity index (χ0) is 21.6. The summed E-state index contributed by atoms with van der Waals surface area (Å²) in [5.41, 5.74) is 0.549. The maximum absolute atomic E-state index is 12.4. The van der Waals surface area contributed by atoms with Gasteiger partial charge in [0.2, 0.25) is 5.88 Å². The quantitative estimate of drug-likeness (QED) is 0.309. The van der Waals surface area contributed by atoms with Crippen molar-refractivity contribution in [2.24, 2.45) is 16.0 Å². The molecule has 0 radical (unpaired) electrons. The Hall–Kier alpha value is -1.90. The van der Waals surface area contributed by atoms with E-state index in [9.17, 15) is 13.6 Å². The predicted molar refractivity (Wildman–Crippen MR) is 103 cm³/mol. The monoisotopic (exact) mass is 405 g/mol. The van der Waals surface area contributed by atoms with Crippen LogP contribution in [0.5, 0.6) is 0 Å². The number of aliphatic hydroxyl groups is 1. The topological polar surface area (TPSA) is 92.2 Å². The molecular weight excluding hydrogens is 372 g/mol. The molecule has 9 heteroatoms. The molecule has 0 bridgehead atoms. The molecule has 2 unspecified atom stereocenters. The Balaban J connectivity index is 2.63. The highest BCUT2D eigenvalue weighted by Gasteiger charge is 2.41. The van der Waals surface area contributed by atoms with E-state index in [-0.39, 0.29) is 23.4 Å². The van der Waals surface area contributed by atoms with Crippen LogP contribution < -0.4 is 10.6 Å². The lowest BCUT2D eigenvalue weighted by Gasteiger charge is -2.47. The largest absolute Gasteiger partial charge is 0.440 e. The zero-order valence-electron chi connectivity index (χ0n) is 17.4. The second-order valence-electron chi connectivity index (χ2n) is 8.69. The molecule has 0 saturated heterocycles. The molecular formula is C19H33F2N3O4. The van der Waals surface area contributed by atoms with Crippen molar-refractivity contribution in [3.63, 3.8) is 0 Å². The Bertz CT molecular complexity index is 590. The number of hydrogen-bond donors (Lipinski definition) is 3. The van der Waals surface area contributed by atoms with Crippen LogP contribution in [-0.4, -0.2) is 42.2 Å². The number of halogens is 2. The molecule has 0 heterocycles. The fourth-order valence-electron chi connectivity index (χ4n) is 3.81. The van der Waals surface area contributed by atoms with Crippen LogP contribution in [0.3, 0.4) is 0 Å². The van der Waals surface area contributed by atoms with Crippen LogP contribution in [0, 0.1) is 10.8 Å². The van der Waals surface area contributed by atoms with Crippen molar-refractivity contribution in [3.05, 3.63) is 12.5 Å². The molecule has 28 heavy (non-hydrogen) atoms. The van der Waals surface area contributed by atoms with Gasteiger partial charge in [0.05, 0.1) is 5.71 Å². The third kappa shape index (κ3) is 9.34. The summed E-state index contributed by atoms with van der Waals surface area (Å²) in [6, 6.07) is 0.0537. The summed E-state index contributed by atoms with van der Waals surface area (Å²) in [5, 5.41) is 18.1. The minimum Gasteiger partial charge on any atom is -0.440 e. The summed E-state index contributed by atoms with van der Waals surface area (Å²) in [6.45, 7) is 12.9. The van der Waals surface area contributed by atoms with Gasteiger partial charge in [0.25, 0.3) is 0 Å². The van der Waals surface area contributed by atoms with Crippen molar-refractivity contribution in [2.75, 3.05) is 13.2 Å². The summed E-state index contributed by atoms with van der Waals surface area (Å²) in [7, 11) is 0. The molecule has 0 spiro atoms. The molecule has 1 rings (SSSR count). The van der Waals surface area contributed by atoms with Crippen molar-refractivity contribution >= 4 is 11.8 Å². The highest BCUT2D eigenvalue weighted by atomic mass is 19.3. The lowest BCUT2D eigenvalue weighted by atomic mass is 9.62. The molecule has 1 aliphatic rings. The number of hydrogen-bond acceptors (Lipinski definition) is 6. The third-order valence-corrected chi connectivity index (χ3v) is 4.67. The van der Waals surface area contributed by atoms with E-state index in [4.69, 9.17) is 9.94 Å². The number of alkyl halides is 2. The van der Waals surface area contributed by atoms with Crippen LogP contribution in [0.4, 0.5) is 13.6 Å². The van der Waals surface area contributed by atoms with E-state index in [0.29, 0.717) is 12.3 Å². The molecule has 162 valence electrons. The first-order valence-corrected chi connectivity index (χ1v) is 9.40. The number of alkyl carbamates (subject to hydrolysis) is 1. The van der Waals surface area contributed by atoms with Crippen LogP contribution in [-0.2, 0) is 9.57 Å². The van der Waals surface area contributed by atoms with Gasteiger partial charge in [-0.05, 0) is 50.0 Å². The normalized spacial score (nSPS) is 25.0. The molecule has 0 aromatic rings. The van der Waals surface area contributed by atoms with E-state index in [1.807, 2.05) is 20.8 Å². The molecule has 1 amide bonds. The van der Waals surface area contributed by atoms with Crippen molar-refractivity contribution in [1.29, 1.82) is 0 Å². The van der Waals surface area contributed by atoms with Gasteiger partial charge in [0.1, 0.15) is 0 Å². The number of nitrogens with zero attached hydrogens (tertiary/aromatic N) is 1. The Kier molecular flexibility index (Phi) is 8.22. The first-order valence-electron chi connectivity index (χ1n) is 9.40. The Labute approximate surface area is 165 Å². The number of oxime groups is 1. The van der Waals surface area contributed by atoms with E-state index < -0.39 is 18.8 Å². The van der Waals surface area contributed by atoms with Gasteiger partial charge in [-0.3, -0.25) is 0 Å². The number of ether oxygens (including phenoxy) is 1. The molecule has 3 N–H and O–H groups in total. The van der Waals surface area contributed by atoms with Gasteiger partial charge >= 0.3 is 12.2 Å². The number of carbonyl (C=O) groups excluding carboxylic acids is 1. The van der Waals surface area contributed by atoms with Crippen LogP contribution in [0.2, 0.25) is 0 Å². The molecule has 0 aromatic heterocycles. The van der Waals surface area contributed by atoms with Crippen LogP contribution in [0.25, 0.3) is 0 Å². The SMILES string of the molecule is C=C(NC1CC(C)(C)CC(C)(CNC(=O)OCC(O)(F)F)C1)ON=C(C)CC. The number of rotatable bonds is 9. The fourth-order valence-corrected chi connectivity index (χ4v) is 3.81. The van der Waals surface area contributed by atoms with Gasteiger partial charge in [-0.2, -0.15) is 8.78 Å². The summed E-state index contributed by atoms with van der Waals surface area (Å²) < 4.78 is 29.1. The summed E-state index contributed by atoms with van der Waals surface area (Å²) in [5.74, 6) is 0.357. The van der Waals surface area contributed by atoms with Crippen molar-refractivity contribution in [2.45, 2.75) is 72.5 Å². The van der Waals surface area contributed by atoms with E-state index in [1.165, 1.54) is 0 Å². The average Bonchev–Trinajstić information content (AvgIpc) is 2.53. The van der Waals surface area contributed by atoms with E-state index >= 15 is 0 Å². The van der Waals surface area contributed by atoms with Crippen LogP contribution in [0.15, 0.2) is 17.6 Å². The van der Waals surface area contributed by atoms with Gasteiger partial charge in [0, 0.05) is 12.6 Å². The molecule has 1 aliphatic carbocycles. The highest BCUT2D eigenvalue weighted by Crippen LogP contribution is 2.46. The van der Waals surface area contributed by atoms with Gasteiger partial charge < -0.3 is 25.3 Å². The fraction of sp³-hybridized carbons (Fsp3) is 0.789. The van der Waals surface area contributed by atoms with Gasteiger partial charge in [-0.25, -0.2) is 4.79 Å². The van der Waals surface area contributed by atoms with Crippen molar-refractivity contribution in [1.82, 2.24) is 10.6 Å². The molecule has 0 aromatic carbocycles. The standard InChI is InChI=1S/C19H33F2N3O4/c1-7-13(2)24-28-14(3)23-15-8-17(4,5)10-18(6,9-15)11-22-16(25)27-12-19(20,21)26/h15,23,26H,3,7-12H2,1-2,4-6H3,(H,22,25). The minimum atomic E-state index is -4.04. The van der Waals surface area contributed by atoms with Gasteiger partial charge in [-0.1, -0.05) is 32.9 Å². The Morgan fingerprint density at radius 1 is 1.36 bits per heavy atom. The first kappa shape index (κ1) is 24.1. The van der Waals surface area contributed by atoms with Crippen molar-refractivity contribution < 1.29 is 28.3 Å². The maximum Gasteiger partial charge on any atom is 0.407 e. The molecule has 7 nitrogen and oxygen atoms in total. The number of carbonyl (C=O) groups is 1. The van der Waals surface area contributed by atoms with Crippen LogP contribution in [0.1, 0.15) is 60.3 Å². The summed E-state index contributed by atoms with van der Waals surface area (Å²) in [4.78, 5) is 16.9. The molecule has 1 fully saturated rings. The van der Waals surface area contributed by atoms with E-state index in [0.717, 1.165) is 25.0 Å². The summed E-state index contributed by atoms with van der Waals surface area (Å²) in [6.07, 6.45) is -1.82.